The molecule has 0 heterocycles. The summed E-state index contributed by atoms with van der Waals surface area (Å²) in [6.45, 7) is 11.3. The van der Waals surface area contributed by atoms with Gasteiger partial charge in [0.05, 0.1) is 13.2 Å². The lowest BCUT2D eigenvalue weighted by molar-refractivity contribution is 0.103. The molecule has 0 aliphatic carbocycles. The van der Waals surface area contributed by atoms with Gasteiger partial charge >= 0.3 is 0 Å². The van der Waals surface area contributed by atoms with Gasteiger partial charge in [0.15, 0.2) is 28.8 Å². The fourth-order valence-corrected chi connectivity index (χ4v) is 4.37. The van der Waals surface area contributed by atoms with Crippen LogP contribution in [-0.2, 0) is 0 Å². The molecule has 41 heavy (non-hydrogen) atoms. The minimum absolute atomic E-state index is 0.0815. The van der Waals surface area contributed by atoms with Crippen molar-refractivity contribution in [2.45, 2.75) is 47.0 Å². The number of hydrogen-bond donors (Lipinski definition) is 0. The Labute approximate surface area is 243 Å². The first-order valence-electron chi connectivity index (χ1n) is 14.2. The standard InChI is InChI=1S/C36H38O5/c1-6-10-26-11-21-32(38-8-3)34(23-26)40-30-17-12-27(13-18-30)36(37)28-14-19-31(20-15-28)41-35-24-29(25(5)7-2)16-22-33(35)39-9-4/h6,10-25H,7-9H2,1-5H3/b10-6+. The molecule has 4 aromatic rings. The fourth-order valence-electron chi connectivity index (χ4n) is 4.37. The Kier molecular flexibility index (Phi) is 10.2. The molecule has 0 saturated carbocycles. The summed E-state index contributed by atoms with van der Waals surface area (Å²) < 4.78 is 23.8. The van der Waals surface area contributed by atoms with E-state index in [4.69, 9.17) is 18.9 Å². The second-order valence-electron chi connectivity index (χ2n) is 9.67. The zero-order valence-corrected chi connectivity index (χ0v) is 24.5. The molecule has 0 N–H and O–H groups in total. The molecule has 0 fully saturated rings. The summed E-state index contributed by atoms with van der Waals surface area (Å²) in [6, 6.07) is 26.2. The highest BCUT2D eigenvalue weighted by Gasteiger charge is 2.14. The lowest BCUT2D eigenvalue weighted by atomic mass is 9.98. The molecule has 0 aliphatic heterocycles. The smallest absolute Gasteiger partial charge is 0.193 e. The van der Waals surface area contributed by atoms with Crippen molar-refractivity contribution in [2.75, 3.05) is 13.2 Å². The average Bonchev–Trinajstić information content (AvgIpc) is 2.99. The second-order valence-corrected chi connectivity index (χ2v) is 9.67. The molecule has 5 heteroatoms. The molecule has 212 valence electrons. The van der Waals surface area contributed by atoms with Crippen LogP contribution in [-0.4, -0.2) is 19.0 Å². The van der Waals surface area contributed by atoms with Gasteiger partial charge in [-0.2, -0.15) is 0 Å². The lowest BCUT2D eigenvalue weighted by Gasteiger charge is -2.16. The minimum Gasteiger partial charge on any atom is -0.490 e. The number of rotatable bonds is 13. The maximum atomic E-state index is 13.2. The second kappa shape index (κ2) is 14.2. The summed E-state index contributed by atoms with van der Waals surface area (Å²) >= 11 is 0. The number of hydrogen-bond acceptors (Lipinski definition) is 5. The van der Waals surface area contributed by atoms with Crippen LogP contribution < -0.4 is 18.9 Å². The van der Waals surface area contributed by atoms with Crippen LogP contribution in [0.1, 0.15) is 74.0 Å². The molecular formula is C36H38O5. The summed E-state index contributed by atoms with van der Waals surface area (Å²) in [6.07, 6.45) is 5.01. The molecule has 0 aromatic heterocycles. The Morgan fingerprint density at radius 2 is 1.20 bits per heavy atom. The van der Waals surface area contributed by atoms with Crippen LogP contribution in [0.4, 0.5) is 0 Å². The van der Waals surface area contributed by atoms with Crippen molar-refractivity contribution >= 4 is 11.9 Å². The number of benzene rings is 4. The van der Waals surface area contributed by atoms with Crippen LogP contribution in [0.15, 0.2) is 91.0 Å². The first kappa shape index (κ1) is 29.5. The molecule has 4 aromatic carbocycles. The van der Waals surface area contributed by atoms with Gasteiger partial charge in [-0.3, -0.25) is 4.79 Å². The Morgan fingerprint density at radius 1 is 0.683 bits per heavy atom. The Bertz CT molecular complexity index is 1470. The normalized spacial score (nSPS) is 11.7. The number of ether oxygens (including phenoxy) is 4. The first-order chi connectivity index (χ1) is 19.9. The predicted molar refractivity (Wildman–Crippen MR) is 165 cm³/mol. The summed E-state index contributed by atoms with van der Waals surface area (Å²) in [5.41, 5.74) is 3.35. The SMILES string of the molecule is C/C=C/c1ccc(OCC)c(Oc2ccc(C(=O)c3ccc(Oc4cc(C(C)CC)ccc4OCC)cc3)cc2)c1. The number of allylic oxidation sites excluding steroid dienone is 1. The van der Waals surface area contributed by atoms with Gasteiger partial charge in [0.25, 0.3) is 0 Å². The van der Waals surface area contributed by atoms with Gasteiger partial charge in [0.1, 0.15) is 11.5 Å². The number of ketones is 1. The van der Waals surface area contributed by atoms with Crippen molar-refractivity contribution in [2.24, 2.45) is 0 Å². The average molecular weight is 551 g/mol. The lowest BCUT2D eigenvalue weighted by Crippen LogP contribution is -2.01. The number of carbonyl (C=O) groups is 1. The van der Waals surface area contributed by atoms with Crippen molar-refractivity contribution in [3.63, 3.8) is 0 Å². The third-order valence-corrected chi connectivity index (χ3v) is 6.76. The summed E-state index contributed by atoms with van der Waals surface area (Å²) in [4.78, 5) is 13.2. The van der Waals surface area contributed by atoms with E-state index >= 15 is 0 Å². The van der Waals surface area contributed by atoms with Crippen molar-refractivity contribution < 1.29 is 23.7 Å². The largest absolute Gasteiger partial charge is 0.490 e. The van der Waals surface area contributed by atoms with Gasteiger partial charge in [-0.25, -0.2) is 0 Å². The van der Waals surface area contributed by atoms with E-state index in [1.54, 1.807) is 36.4 Å². The molecule has 0 bridgehead atoms. The van der Waals surface area contributed by atoms with E-state index < -0.39 is 0 Å². The van der Waals surface area contributed by atoms with Crippen molar-refractivity contribution in [3.8, 4) is 34.5 Å². The summed E-state index contributed by atoms with van der Waals surface area (Å²) in [7, 11) is 0. The first-order valence-corrected chi connectivity index (χ1v) is 14.2. The van der Waals surface area contributed by atoms with Gasteiger partial charge in [-0.1, -0.05) is 38.1 Å². The maximum Gasteiger partial charge on any atom is 0.193 e. The summed E-state index contributed by atoms with van der Waals surface area (Å²) in [5, 5.41) is 0. The maximum absolute atomic E-state index is 13.2. The molecule has 0 aliphatic rings. The van der Waals surface area contributed by atoms with Crippen LogP contribution >= 0.6 is 0 Å². The minimum atomic E-state index is -0.0815. The highest BCUT2D eigenvalue weighted by Crippen LogP contribution is 2.36. The molecule has 1 atom stereocenters. The van der Waals surface area contributed by atoms with E-state index in [0.29, 0.717) is 64.8 Å². The van der Waals surface area contributed by atoms with Crippen LogP contribution in [0, 0.1) is 0 Å². The topological polar surface area (TPSA) is 54.0 Å². The van der Waals surface area contributed by atoms with E-state index in [1.807, 2.05) is 75.4 Å². The zero-order valence-electron chi connectivity index (χ0n) is 24.5. The fraction of sp³-hybridized carbons (Fsp3) is 0.250. The van der Waals surface area contributed by atoms with Crippen LogP contribution in [0.3, 0.4) is 0 Å². The zero-order chi connectivity index (χ0) is 29.2. The van der Waals surface area contributed by atoms with Gasteiger partial charge in [0, 0.05) is 11.1 Å². The van der Waals surface area contributed by atoms with Crippen molar-refractivity contribution in [3.05, 3.63) is 113 Å². The van der Waals surface area contributed by atoms with Gasteiger partial charge in [-0.15, -0.1) is 0 Å². The Hall–Kier alpha value is -4.51. The molecule has 1 unspecified atom stereocenters. The molecule has 0 saturated heterocycles. The van der Waals surface area contributed by atoms with Crippen molar-refractivity contribution in [1.82, 2.24) is 0 Å². The van der Waals surface area contributed by atoms with Gasteiger partial charge in [0.2, 0.25) is 0 Å². The van der Waals surface area contributed by atoms with E-state index in [-0.39, 0.29) is 5.78 Å². The third-order valence-electron chi connectivity index (χ3n) is 6.76. The quantitative estimate of drug-likeness (QED) is 0.155. The van der Waals surface area contributed by atoms with E-state index in [1.165, 1.54) is 5.56 Å². The van der Waals surface area contributed by atoms with E-state index in [9.17, 15) is 4.79 Å². The highest BCUT2D eigenvalue weighted by molar-refractivity contribution is 6.09. The molecule has 5 nitrogen and oxygen atoms in total. The Balaban J connectivity index is 1.47. The van der Waals surface area contributed by atoms with E-state index in [2.05, 4.69) is 19.9 Å². The number of carbonyl (C=O) groups excluding carboxylic acids is 1. The summed E-state index contributed by atoms with van der Waals surface area (Å²) in [5.74, 6) is 4.25. The van der Waals surface area contributed by atoms with Crippen LogP contribution in [0.2, 0.25) is 0 Å². The molecular weight excluding hydrogens is 512 g/mol. The molecule has 0 radical (unpaired) electrons. The third kappa shape index (κ3) is 7.57. The highest BCUT2D eigenvalue weighted by atomic mass is 16.5. The monoisotopic (exact) mass is 550 g/mol. The van der Waals surface area contributed by atoms with E-state index in [0.717, 1.165) is 12.0 Å². The molecule has 0 amide bonds. The van der Waals surface area contributed by atoms with Crippen LogP contribution in [0.25, 0.3) is 6.08 Å². The molecule has 4 rings (SSSR count). The Morgan fingerprint density at radius 3 is 1.68 bits per heavy atom. The van der Waals surface area contributed by atoms with Gasteiger partial charge in [-0.05, 0) is 117 Å². The predicted octanol–water partition coefficient (Wildman–Crippen LogP) is 9.85. The molecule has 0 spiro atoms. The van der Waals surface area contributed by atoms with Crippen molar-refractivity contribution in [1.29, 1.82) is 0 Å². The van der Waals surface area contributed by atoms with Gasteiger partial charge < -0.3 is 18.9 Å². The van der Waals surface area contributed by atoms with Crippen LogP contribution in [0.5, 0.6) is 34.5 Å².